The smallest absolute Gasteiger partial charge is 0.320 e. The van der Waals surface area contributed by atoms with Crippen molar-refractivity contribution in [3.63, 3.8) is 0 Å². The van der Waals surface area contributed by atoms with Gasteiger partial charge in [0.15, 0.2) is 0 Å². The topological polar surface area (TPSA) is 62.2 Å². The number of pyridine rings is 1. The summed E-state index contributed by atoms with van der Waals surface area (Å²) in [5, 5.41) is 12.0. The van der Waals surface area contributed by atoms with Crippen molar-refractivity contribution in [3.05, 3.63) is 29.6 Å². The lowest BCUT2D eigenvalue weighted by Gasteiger charge is -2.27. The number of aliphatic carboxylic acids is 1. The molecule has 2 atom stereocenters. The molecule has 5 heteroatoms. The number of rotatable bonds is 2. The average Bonchev–Trinajstić information content (AvgIpc) is 2.30. The van der Waals surface area contributed by atoms with Gasteiger partial charge in [-0.05, 0) is 30.7 Å². The Hall–Kier alpha value is -1.07. The Balaban J connectivity index is 2.09. The number of nitrogens with zero attached hydrogens (tertiary/aromatic N) is 1. The fourth-order valence-corrected chi connectivity index (χ4v) is 2.80. The predicted molar refractivity (Wildman–Crippen MR) is 63.3 cm³/mol. The molecule has 0 aliphatic carbocycles. The molecule has 2 heterocycles. The van der Waals surface area contributed by atoms with E-state index in [-0.39, 0.29) is 5.37 Å². The standard InChI is InChI=1S/C11H14N2O2S/c1-7-2-3-8(12-6-7)10-13-9(11(14)15)4-5-16-10/h2-3,6,9-10,13H,4-5H2,1H3,(H,14,15). The van der Waals surface area contributed by atoms with Crippen LogP contribution in [0.2, 0.25) is 0 Å². The molecule has 2 rings (SSSR count). The zero-order chi connectivity index (χ0) is 11.5. The first kappa shape index (κ1) is 11.4. The van der Waals surface area contributed by atoms with Gasteiger partial charge in [-0.3, -0.25) is 15.1 Å². The third-order valence-electron chi connectivity index (χ3n) is 2.54. The summed E-state index contributed by atoms with van der Waals surface area (Å²) in [5.41, 5.74) is 2.01. The molecule has 1 saturated heterocycles. The van der Waals surface area contributed by atoms with Crippen LogP contribution in [0.4, 0.5) is 0 Å². The summed E-state index contributed by atoms with van der Waals surface area (Å²) in [6, 6.07) is 3.49. The second-order valence-electron chi connectivity index (χ2n) is 3.86. The van der Waals surface area contributed by atoms with Crippen molar-refractivity contribution in [2.45, 2.75) is 24.8 Å². The highest BCUT2D eigenvalue weighted by Crippen LogP contribution is 2.30. The first-order chi connectivity index (χ1) is 7.66. The van der Waals surface area contributed by atoms with E-state index in [1.54, 1.807) is 11.8 Å². The minimum absolute atomic E-state index is 0.00421. The normalized spacial score (nSPS) is 25.3. The highest BCUT2D eigenvalue weighted by atomic mass is 32.2. The van der Waals surface area contributed by atoms with E-state index < -0.39 is 12.0 Å². The Labute approximate surface area is 98.5 Å². The first-order valence-corrected chi connectivity index (χ1v) is 6.24. The van der Waals surface area contributed by atoms with Crippen molar-refractivity contribution in [2.75, 3.05) is 5.75 Å². The fourth-order valence-electron chi connectivity index (χ4n) is 1.62. The lowest BCUT2D eigenvalue weighted by atomic mass is 10.2. The number of carboxylic acids is 1. The molecule has 0 spiro atoms. The van der Waals surface area contributed by atoms with Crippen LogP contribution in [0.3, 0.4) is 0 Å². The third kappa shape index (κ3) is 2.54. The number of nitrogens with one attached hydrogen (secondary N) is 1. The maximum Gasteiger partial charge on any atom is 0.320 e. The molecule has 0 aromatic carbocycles. The van der Waals surface area contributed by atoms with E-state index in [0.29, 0.717) is 6.42 Å². The summed E-state index contributed by atoms with van der Waals surface area (Å²) >= 11 is 1.71. The van der Waals surface area contributed by atoms with Crippen LogP contribution in [-0.4, -0.2) is 27.9 Å². The summed E-state index contributed by atoms with van der Waals surface area (Å²) in [6.07, 6.45) is 2.48. The quantitative estimate of drug-likeness (QED) is 0.819. The van der Waals surface area contributed by atoms with Gasteiger partial charge in [0.1, 0.15) is 6.04 Å². The van der Waals surface area contributed by atoms with Crippen molar-refractivity contribution >= 4 is 17.7 Å². The predicted octanol–water partition coefficient (Wildman–Crippen LogP) is 1.57. The molecule has 2 unspecified atom stereocenters. The molecule has 0 radical (unpaired) electrons. The van der Waals surface area contributed by atoms with E-state index in [2.05, 4.69) is 10.3 Å². The molecule has 1 aromatic rings. The van der Waals surface area contributed by atoms with Gasteiger partial charge in [0, 0.05) is 6.20 Å². The Morgan fingerprint density at radius 2 is 2.44 bits per heavy atom. The summed E-state index contributed by atoms with van der Waals surface area (Å²) in [7, 11) is 0. The average molecular weight is 238 g/mol. The van der Waals surface area contributed by atoms with Crippen LogP contribution < -0.4 is 5.32 Å². The molecular formula is C11H14N2O2S. The van der Waals surface area contributed by atoms with Crippen molar-refractivity contribution in [2.24, 2.45) is 0 Å². The molecule has 1 aliphatic rings. The van der Waals surface area contributed by atoms with E-state index in [4.69, 9.17) is 5.11 Å². The van der Waals surface area contributed by atoms with Gasteiger partial charge in [-0.25, -0.2) is 0 Å². The van der Waals surface area contributed by atoms with Gasteiger partial charge in [-0.15, -0.1) is 11.8 Å². The van der Waals surface area contributed by atoms with E-state index >= 15 is 0 Å². The third-order valence-corrected chi connectivity index (χ3v) is 3.73. The lowest BCUT2D eigenvalue weighted by Crippen LogP contribution is -2.42. The lowest BCUT2D eigenvalue weighted by molar-refractivity contribution is -0.139. The summed E-state index contributed by atoms with van der Waals surface area (Å²) in [5.74, 6) is 0.0712. The Kier molecular flexibility index (Phi) is 3.46. The summed E-state index contributed by atoms with van der Waals surface area (Å²) < 4.78 is 0. The fraction of sp³-hybridized carbons (Fsp3) is 0.455. The highest BCUT2D eigenvalue weighted by Gasteiger charge is 2.27. The second kappa shape index (κ2) is 4.84. The van der Waals surface area contributed by atoms with Crippen LogP contribution >= 0.6 is 11.8 Å². The SMILES string of the molecule is Cc1ccc(C2NC(C(=O)O)CCS2)nc1. The highest BCUT2D eigenvalue weighted by molar-refractivity contribution is 7.99. The molecule has 4 nitrogen and oxygen atoms in total. The van der Waals surface area contributed by atoms with Crippen molar-refractivity contribution in [1.82, 2.24) is 10.3 Å². The first-order valence-electron chi connectivity index (χ1n) is 5.20. The van der Waals surface area contributed by atoms with Gasteiger partial charge >= 0.3 is 5.97 Å². The summed E-state index contributed by atoms with van der Waals surface area (Å²) in [6.45, 7) is 1.98. The van der Waals surface area contributed by atoms with Crippen molar-refractivity contribution < 1.29 is 9.90 Å². The minimum atomic E-state index is -0.780. The zero-order valence-corrected chi connectivity index (χ0v) is 9.83. The number of carbonyl (C=O) groups is 1. The molecule has 2 N–H and O–H groups in total. The number of aryl methyl sites for hydroxylation is 1. The number of thioether (sulfide) groups is 1. The molecule has 1 aromatic heterocycles. The molecule has 1 fully saturated rings. The van der Waals surface area contributed by atoms with E-state index in [1.165, 1.54) is 0 Å². The Morgan fingerprint density at radius 1 is 1.62 bits per heavy atom. The Morgan fingerprint density at radius 3 is 3.06 bits per heavy atom. The van der Waals surface area contributed by atoms with Crippen molar-refractivity contribution in [3.8, 4) is 0 Å². The molecule has 0 amide bonds. The second-order valence-corrected chi connectivity index (χ2v) is 5.07. The molecule has 16 heavy (non-hydrogen) atoms. The maximum atomic E-state index is 10.9. The van der Waals surface area contributed by atoms with Gasteiger partial charge in [0.2, 0.25) is 0 Å². The van der Waals surface area contributed by atoms with E-state index in [9.17, 15) is 4.79 Å². The van der Waals surface area contributed by atoms with E-state index in [1.807, 2.05) is 25.3 Å². The molecule has 86 valence electrons. The Bertz CT molecular complexity index is 380. The van der Waals surface area contributed by atoms with Gasteiger partial charge in [-0.1, -0.05) is 6.07 Å². The molecular weight excluding hydrogens is 224 g/mol. The van der Waals surface area contributed by atoms with Crippen molar-refractivity contribution in [1.29, 1.82) is 0 Å². The van der Waals surface area contributed by atoms with Crippen LogP contribution in [0.15, 0.2) is 18.3 Å². The largest absolute Gasteiger partial charge is 0.480 e. The van der Waals surface area contributed by atoms with Gasteiger partial charge in [-0.2, -0.15) is 0 Å². The number of carboxylic acid groups (broad SMARTS) is 1. The van der Waals surface area contributed by atoms with Gasteiger partial charge in [0.25, 0.3) is 0 Å². The van der Waals surface area contributed by atoms with Crippen LogP contribution in [0.5, 0.6) is 0 Å². The van der Waals surface area contributed by atoms with Crippen LogP contribution in [0.1, 0.15) is 23.1 Å². The zero-order valence-electron chi connectivity index (χ0n) is 9.01. The molecule has 0 saturated carbocycles. The van der Waals surface area contributed by atoms with Crippen LogP contribution in [-0.2, 0) is 4.79 Å². The maximum absolute atomic E-state index is 10.9. The van der Waals surface area contributed by atoms with Gasteiger partial charge in [0.05, 0.1) is 11.1 Å². The molecule has 1 aliphatic heterocycles. The summed E-state index contributed by atoms with van der Waals surface area (Å²) in [4.78, 5) is 15.2. The monoisotopic (exact) mass is 238 g/mol. The number of aromatic nitrogens is 1. The number of hydrogen-bond acceptors (Lipinski definition) is 4. The number of hydrogen-bond donors (Lipinski definition) is 2. The van der Waals surface area contributed by atoms with E-state index in [0.717, 1.165) is 17.0 Å². The minimum Gasteiger partial charge on any atom is -0.480 e. The van der Waals surface area contributed by atoms with Crippen LogP contribution in [0.25, 0.3) is 0 Å². The van der Waals surface area contributed by atoms with Crippen LogP contribution in [0, 0.1) is 6.92 Å². The molecule has 0 bridgehead atoms. The van der Waals surface area contributed by atoms with Gasteiger partial charge < -0.3 is 5.11 Å².